The third-order valence-corrected chi connectivity index (χ3v) is 5.68. The lowest BCUT2D eigenvalue weighted by atomic mass is 9.58. The van der Waals surface area contributed by atoms with Crippen LogP contribution in [0.4, 0.5) is 0 Å². The van der Waals surface area contributed by atoms with Gasteiger partial charge in [0.2, 0.25) is 6.29 Å². The van der Waals surface area contributed by atoms with E-state index in [0.717, 1.165) is 0 Å². The van der Waals surface area contributed by atoms with Crippen molar-refractivity contribution in [3.05, 3.63) is 0 Å². The molecule has 5 N–H and O–H groups in total. The average Bonchev–Trinajstić information content (AvgIpc) is 2.39. The molecule has 9 heteroatoms. The molecular weight excluding hydrogens is 334 g/mol. The van der Waals surface area contributed by atoms with Crippen molar-refractivity contribution in [2.24, 2.45) is 0 Å². The molecule has 0 radical (unpaired) electrons. The van der Waals surface area contributed by atoms with Crippen molar-refractivity contribution in [1.82, 2.24) is 0 Å². The Morgan fingerprint density at radius 2 is 1.44 bits per heavy atom. The van der Waals surface area contributed by atoms with E-state index in [1.54, 1.807) is 0 Å². The van der Waals surface area contributed by atoms with Gasteiger partial charge >= 0.3 is 0 Å². The third kappa shape index (κ3) is 2.73. The first kappa shape index (κ1) is 20.9. The Morgan fingerprint density at radius 1 is 0.920 bits per heavy atom. The molecule has 0 saturated carbocycles. The number of quaternary nitrogens is 1. The van der Waals surface area contributed by atoms with E-state index < -0.39 is 40.8 Å². The van der Waals surface area contributed by atoms with E-state index in [1.165, 1.54) is 27.7 Å². The fraction of sp³-hybridized carbons (Fsp3) is 1.00. The summed E-state index contributed by atoms with van der Waals surface area (Å²) in [5.41, 5.74) is -5.42. The number of hydrogen-bond acceptors (Lipinski definition) is 8. The molecule has 3 aliphatic rings. The summed E-state index contributed by atoms with van der Waals surface area (Å²) in [4.78, 5) is 0. The quantitative estimate of drug-likeness (QED) is 0.273. The minimum absolute atomic E-state index is 0.226. The van der Waals surface area contributed by atoms with Crippen LogP contribution in [0.3, 0.4) is 0 Å². The summed E-state index contributed by atoms with van der Waals surface area (Å²) < 4.78 is 16.7. The number of fused-ring (bicyclic) bond motifs is 2. The maximum absolute atomic E-state index is 10.9. The Hall–Kier alpha value is -0.360. The number of ether oxygens (including phenoxy) is 3. The Kier molecular flexibility index (Phi) is 4.67. The third-order valence-electron chi connectivity index (χ3n) is 5.68. The first-order valence-electron chi connectivity index (χ1n) is 8.29. The van der Waals surface area contributed by atoms with Gasteiger partial charge in [0.1, 0.15) is 23.9 Å². The van der Waals surface area contributed by atoms with Crippen LogP contribution in [0.2, 0.25) is 0 Å². The lowest BCUT2D eigenvalue weighted by molar-refractivity contribution is -0.873. The van der Waals surface area contributed by atoms with Crippen molar-refractivity contribution >= 4 is 0 Å². The fourth-order valence-electron chi connectivity index (χ4n) is 3.66. The van der Waals surface area contributed by atoms with Crippen molar-refractivity contribution in [2.75, 3.05) is 34.3 Å². The van der Waals surface area contributed by atoms with Gasteiger partial charge in [-0.2, -0.15) is 0 Å². The molecule has 0 aromatic carbocycles. The van der Waals surface area contributed by atoms with Crippen molar-refractivity contribution in [3.63, 3.8) is 0 Å². The van der Waals surface area contributed by atoms with Crippen molar-refractivity contribution in [1.29, 1.82) is 0 Å². The maximum atomic E-state index is 10.9. The van der Waals surface area contributed by atoms with Crippen LogP contribution in [-0.2, 0) is 14.2 Å². The zero-order valence-corrected chi connectivity index (χ0v) is 16.0. The maximum Gasteiger partial charge on any atom is 0.256 e. The smallest absolute Gasteiger partial charge is 0.256 e. The molecule has 25 heavy (non-hydrogen) atoms. The molecule has 7 atom stereocenters. The summed E-state index contributed by atoms with van der Waals surface area (Å²) in [7, 11) is 5.69. The first-order valence-corrected chi connectivity index (χ1v) is 8.29. The van der Waals surface area contributed by atoms with Gasteiger partial charge in [0, 0.05) is 0 Å². The van der Waals surface area contributed by atoms with Gasteiger partial charge in [-0.25, -0.2) is 0 Å². The topological polar surface area (TPSA) is 129 Å². The summed E-state index contributed by atoms with van der Waals surface area (Å²) in [6, 6.07) is 0. The summed E-state index contributed by atoms with van der Waals surface area (Å²) in [5, 5.41) is 52.4. The van der Waals surface area contributed by atoms with Crippen LogP contribution < -0.4 is 0 Å². The van der Waals surface area contributed by atoms with Gasteiger partial charge in [-0.1, -0.05) is 0 Å². The molecule has 4 unspecified atom stereocenters. The summed E-state index contributed by atoms with van der Waals surface area (Å²) in [6.45, 7) is 5.40. The molecule has 2 bridgehead atoms. The fourth-order valence-corrected chi connectivity index (χ4v) is 3.66. The lowest BCUT2D eigenvalue weighted by Gasteiger charge is -2.75. The predicted molar refractivity (Wildman–Crippen MR) is 86.0 cm³/mol. The number of likely N-dealkylation sites (N-methyl/N-ethyl adjacent to an activating group) is 1. The molecule has 9 nitrogen and oxygen atoms in total. The van der Waals surface area contributed by atoms with E-state index in [1.807, 2.05) is 21.1 Å². The zero-order chi connectivity index (χ0) is 19.7. The average molecular weight is 366 g/mol. The minimum atomic E-state index is -2.10. The van der Waals surface area contributed by atoms with E-state index in [2.05, 4.69) is 0 Å². The van der Waals surface area contributed by atoms with Crippen LogP contribution in [0.1, 0.15) is 27.7 Å². The minimum Gasteiger partial charge on any atom is -0.385 e. The highest BCUT2D eigenvalue weighted by Crippen LogP contribution is 2.65. The summed E-state index contributed by atoms with van der Waals surface area (Å²) in [6.07, 6.45) is -2.66. The van der Waals surface area contributed by atoms with Crippen molar-refractivity contribution in [3.8, 4) is 0 Å². The standard InChI is InChI=1S/C16H32NO8/c1-12(20)14(3)13(2,21)16(24-14,25-15(12,4)22)11(19)23-9-10(18)8-17(5,6)7/h10-11,18-22H,8-9H2,1-7H3/q+1/t10?,11?,12?,13-,14+,15+,16?/m1/s1. The molecule has 3 aliphatic heterocycles. The number of nitrogens with zero attached hydrogens (tertiary/aromatic N) is 1. The predicted octanol–water partition coefficient (Wildman–Crippen LogP) is -1.89. The van der Waals surface area contributed by atoms with Crippen molar-refractivity contribution < 1.29 is 44.2 Å². The molecule has 3 rings (SSSR count). The van der Waals surface area contributed by atoms with Gasteiger partial charge in [0.25, 0.3) is 5.79 Å². The highest BCUT2D eigenvalue weighted by atomic mass is 16.9. The van der Waals surface area contributed by atoms with Crippen LogP contribution in [-0.4, -0.2) is 105 Å². The van der Waals surface area contributed by atoms with E-state index in [-0.39, 0.29) is 6.61 Å². The molecule has 148 valence electrons. The van der Waals surface area contributed by atoms with Crippen LogP contribution in [0.5, 0.6) is 0 Å². The molecule has 0 spiro atoms. The van der Waals surface area contributed by atoms with Gasteiger partial charge in [0.15, 0.2) is 11.4 Å². The summed E-state index contributed by atoms with van der Waals surface area (Å²) >= 11 is 0. The second kappa shape index (κ2) is 5.57. The molecule has 3 heterocycles. The second-order valence-corrected chi connectivity index (χ2v) is 8.84. The number of rotatable bonds is 6. The highest BCUT2D eigenvalue weighted by Gasteiger charge is 2.88. The Labute approximate surface area is 147 Å². The number of aliphatic hydroxyl groups excluding tert-OH is 2. The van der Waals surface area contributed by atoms with E-state index in [4.69, 9.17) is 14.2 Å². The second-order valence-electron chi connectivity index (χ2n) is 8.84. The van der Waals surface area contributed by atoms with Gasteiger partial charge in [-0.15, -0.1) is 0 Å². The van der Waals surface area contributed by atoms with E-state index in [0.29, 0.717) is 11.0 Å². The number of aliphatic hydroxyl groups is 5. The Balaban J connectivity index is 2.16. The largest absolute Gasteiger partial charge is 0.385 e. The monoisotopic (exact) mass is 366 g/mol. The van der Waals surface area contributed by atoms with Gasteiger partial charge in [-0.3, -0.25) is 0 Å². The van der Waals surface area contributed by atoms with E-state index >= 15 is 0 Å². The van der Waals surface area contributed by atoms with E-state index in [9.17, 15) is 25.5 Å². The molecular formula is C16H32NO8+. The van der Waals surface area contributed by atoms with Crippen LogP contribution in [0.15, 0.2) is 0 Å². The first-order chi connectivity index (χ1) is 10.9. The highest BCUT2D eigenvalue weighted by molar-refractivity contribution is 5.28. The molecule has 0 aromatic heterocycles. The van der Waals surface area contributed by atoms with Crippen LogP contribution in [0.25, 0.3) is 0 Å². The zero-order valence-electron chi connectivity index (χ0n) is 16.0. The van der Waals surface area contributed by atoms with Gasteiger partial charge in [-0.05, 0) is 27.7 Å². The molecule has 0 aliphatic carbocycles. The normalized spacial score (nSPS) is 49.4. The van der Waals surface area contributed by atoms with Gasteiger partial charge in [0.05, 0.1) is 27.7 Å². The molecule has 0 aromatic rings. The van der Waals surface area contributed by atoms with Crippen molar-refractivity contribution in [2.45, 2.75) is 68.5 Å². The van der Waals surface area contributed by atoms with Crippen LogP contribution >= 0.6 is 0 Å². The molecule has 0 amide bonds. The Bertz CT molecular complexity index is 529. The Morgan fingerprint density at radius 3 is 1.88 bits per heavy atom. The lowest BCUT2D eigenvalue weighted by Crippen LogP contribution is -2.97. The van der Waals surface area contributed by atoms with Gasteiger partial charge < -0.3 is 44.2 Å². The molecule has 3 saturated heterocycles. The SMILES string of the molecule is CC1(O)[C@@](C)(O)OC2(C(O)OCC(O)C[N+](C)(C)C)O[C@]1(C)[C@@]2(C)O. The number of hydrogen-bond donors (Lipinski definition) is 5. The van der Waals surface area contributed by atoms with Crippen LogP contribution in [0, 0.1) is 0 Å². The molecule has 3 fully saturated rings. The summed E-state index contributed by atoms with van der Waals surface area (Å²) in [5.74, 6) is -4.20.